The summed E-state index contributed by atoms with van der Waals surface area (Å²) in [5.41, 5.74) is 1.74. The van der Waals surface area contributed by atoms with E-state index in [0.29, 0.717) is 5.82 Å². The van der Waals surface area contributed by atoms with E-state index in [2.05, 4.69) is 26.0 Å². The van der Waals surface area contributed by atoms with Crippen molar-refractivity contribution in [3.8, 4) is 17.1 Å². The Morgan fingerprint density at radius 2 is 2.00 bits per heavy atom. The van der Waals surface area contributed by atoms with Crippen LogP contribution in [0.2, 0.25) is 0 Å². The topological polar surface area (TPSA) is 39.4 Å². The zero-order chi connectivity index (χ0) is 12.5. The highest BCUT2D eigenvalue weighted by molar-refractivity contribution is 9.10. The van der Waals surface area contributed by atoms with Gasteiger partial charge in [-0.15, -0.1) is 5.10 Å². The van der Waals surface area contributed by atoms with E-state index in [1.165, 1.54) is 0 Å². The van der Waals surface area contributed by atoms with E-state index in [4.69, 9.17) is 4.74 Å². The molecule has 0 saturated heterocycles. The molecule has 0 fully saturated rings. The fourth-order valence-corrected chi connectivity index (χ4v) is 2.17. The van der Waals surface area contributed by atoms with Gasteiger partial charge in [-0.2, -0.15) is 0 Å². The molecule has 0 bridgehead atoms. The van der Waals surface area contributed by atoms with Gasteiger partial charge in [0.05, 0.1) is 7.11 Å². The molecule has 0 N–H and O–H groups in total. The van der Waals surface area contributed by atoms with Gasteiger partial charge in [0.25, 0.3) is 0 Å². The minimum absolute atomic E-state index is 0.681. The largest absolute Gasteiger partial charge is 0.497 e. The number of pyridine rings is 1. The SMILES string of the molecule is COc1cccc(-c2nc3cccc(Br)n3n2)c1. The highest BCUT2D eigenvalue weighted by atomic mass is 79.9. The predicted octanol–water partition coefficient (Wildman–Crippen LogP) is 3.17. The van der Waals surface area contributed by atoms with Crippen LogP contribution in [-0.2, 0) is 0 Å². The van der Waals surface area contributed by atoms with Crippen molar-refractivity contribution in [2.24, 2.45) is 0 Å². The maximum Gasteiger partial charge on any atom is 0.182 e. The molecule has 0 radical (unpaired) electrons. The number of nitrogens with zero attached hydrogens (tertiary/aromatic N) is 3. The standard InChI is InChI=1S/C13H10BrN3O/c1-18-10-5-2-4-9(8-10)13-15-12-7-3-6-11(14)17(12)16-13/h2-8H,1H3. The van der Waals surface area contributed by atoms with E-state index in [1.807, 2.05) is 42.5 Å². The Hall–Kier alpha value is -1.88. The molecule has 4 nitrogen and oxygen atoms in total. The van der Waals surface area contributed by atoms with Gasteiger partial charge in [0.2, 0.25) is 0 Å². The first-order valence-electron chi connectivity index (χ1n) is 5.43. The number of fused-ring (bicyclic) bond motifs is 1. The Morgan fingerprint density at radius 1 is 1.17 bits per heavy atom. The molecule has 2 heterocycles. The third kappa shape index (κ3) is 1.86. The van der Waals surface area contributed by atoms with Crippen LogP contribution in [0.15, 0.2) is 47.1 Å². The summed E-state index contributed by atoms with van der Waals surface area (Å²) < 4.78 is 7.84. The van der Waals surface area contributed by atoms with Crippen LogP contribution >= 0.6 is 15.9 Å². The van der Waals surface area contributed by atoms with Crippen LogP contribution in [0.1, 0.15) is 0 Å². The van der Waals surface area contributed by atoms with Gasteiger partial charge in [-0.3, -0.25) is 0 Å². The van der Waals surface area contributed by atoms with Gasteiger partial charge in [-0.25, -0.2) is 9.50 Å². The summed E-state index contributed by atoms with van der Waals surface area (Å²) in [6.45, 7) is 0. The first-order chi connectivity index (χ1) is 8.78. The Balaban J connectivity index is 2.16. The zero-order valence-corrected chi connectivity index (χ0v) is 11.3. The van der Waals surface area contributed by atoms with Crippen molar-refractivity contribution >= 4 is 21.6 Å². The van der Waals surface area contributed by atoms with Crippen LogP contribution in [0.5, 0.6) is 5.75 Å². The van der Waals surface area contributed by atoms with Gasteiger partial charge in [0.15, 0.2) is 11.5 Å². The van der Waals surface area contributed by atoms with Crippen LogP contribution in [0, 0.1) is 0 Å². The summed E-state index contributed by atoms with van der Waals surface area (Å²) in [6.07, 6.45) is 0. The summed E-state index contributed by atoms with van der Waals surface area (Å²) in [6, 6.07) is 13.5. The highest BCUT2D eigenvalue weighted by Crippen LogP contribution is 2.22. The van der Waals surface area contributed by atoms with E-state index >= 15 is 0 Å². The van der Waals surface area contributed by atoms with Crippen molar-refractivity contribution in [1.82, 2.24) is 14.6 Å². The maximum atomic E-state index is 5.20. The number of benzene rings is 1. The number of rotatable bonds is 2. The van der Waals surface area contributed by atoms with Crippen LogP contribution in [-0.4, -0.2) is 21.7 Å². The zero-order valence-electron chi connectivity index (χ0n) is 9.67. The molecule has 0 saturated carbocycles. The van der Waals surface area contributed by atoms with Crippen LogP contribution < -0.4 is 4.74 Å². The number of halogens is 1. The molecule has 0 aliphatic rings. The number of hydrogen-bond donors (Lipinski definition) is 0. The maximum absolute atomic E-state index is 5.20. The lowest BCUT2D eigenvalue weighted by molar-refractivity contribution is 0.415. The number of ether oxygens (including phenoxy) is 1. The molecule has 3 rings (SSSR count). The minimum atomic E-state index is 0.681. The van der Waals surface area contributed by atoms with Gasteiger partial charge in [0.1, 0.15) is 10.4 Å². The first kappa shape index (κ1) is 11.2. The molecule has 0 atom stereocenters. The smallest absolute Gasteiger partial charge is 0.182 e. The quantitative estimate of drug-likeness (QED) is 0.683. The number of hydrogen-bond acceptors (Lipinski definition) is 3. The molecule has 0 unspecified atom stereocenters. The molecule has 1 aromatic carbocycles. The monoisotopic (exact) mass is 303 g/mol. The molecule has 5 heteroatoms. The van der Waals surface area contributed by atoms with E-state index in [0.717, 1.165) is 21.6 Å². The Kier molecular flexibility index (Phi) is 2.76. The molecule has 0 spiro atoms. The van der Waals surface area contributed by atoms with E-state index < -0.39 is 0 Å². The fraction of sp³-hybridized carbons (Fsp3) is 0.0769. The van der Waals surface area contributed by atoms with E-state index in [1.54, 1.807) is 11.6 Å². The lowest BCUT2D eigenvalue weighted by Gasteiger charge is -2.00. The lowest BCUT2D eigenvalue weighted by atomic mass is 10.2. The Bertz CT molecular complexity index is 708. The third-order valence-corrected chi connectivity index (χ3v) is 3.24. The molecule has 0 aliphatic carbocycles. The fourth-order valence-electron chi connectivity index (χ4n) is 1.76. The van der Waals surface area contributed by atoms with Crippen molar-refractivity contribution in [2.45, 2.75) is 0 Å². The highest BCUT2D eigenvalue weighted by Gasteiger charge is 2.08. The second-order valence-electron chi connectivity index (χ2n) is 3.79. The third-order valence-electron chi connectivity index (χ3n) is 2.64. The average Bonchev–Trinajstić information content (AvgIpc) is 2.84. The van der Waals surface area contributed by atoms with E-state index in [9.17, 15) is 0 Å². The van der Waals surface area contributed by atoms with Crippen molar-refractivity contribution in [1.29, 1.82) is 0 Å². The van der Waals surface area contributed by atoms with Gasteiger partial charge >= 0.3 is 0 Å². The van der Waals surface area contributed by atoms with Crippen molar-refractivity contribution < 1.29 is 4.74 Å². The van der Waals surface area contributed by atoms with Crippen LogP contribution in [0.25, 0.3) is 17.0 Å². The summed E-state index contributed by atoms with van der Waals surface area (Å²) in [5, 5.41) is 4.46. The molecule has 3 aromatic rings. The average molecular weight is 304 g/mol. The molecule has 0 aliphatic heterocycles. The predicted molar refractivity (Wildman–Crippen MR) is 72.7 cm³/mol. The minimum Gasteiger partial charge on any atom is -0.497 e. The number of methoxy groups -OCH3 is 1. The molecule has 2 aromatic heterocycles. The molecular weight excluding hydrogens is 294 g/mol. The summed E-state index contributed by atoms with van der Waals surface area (Å²) in [5.74, 6) is 1.48. The summed E-state index contributed by atoms with van der Waals surface area (Å²) >= 11 is 3.45. The van der Waals surface area contributed by atoms with Gasteiger partial charge in [-0.05, 0) is 40.2 Å². The molecule has 18 heavy (non-hydrogen) atoms. The Morgan fingerprint density at radius 3 is 2.78 bits per heavy atom. The summed E-state index contributed by atoms with van der Waals surface area (Å²) in [7, 11) is 1.65. The van der Waals surface area contributed by atoms with Crippen LogP contribution in [0.4, 0.5) is 0 Å². The first-order valence-corrected chi connectivity index (χ1v) is 6.23. The second kappa shape index (κ2) is 4.42. The van der Waals surface area contributed by atoms with Gasteiger partial charge in [0, 0.05) is 5.56 Å². The van der Waals surface area contributed by atoms with Crippen molar-refractivity contribution in [3.05, 3.63) is 47.1 Å². The van der Waals surface area contributed by atoms with Gasteiger partial charge < -0.3 is 4.74 Å². The lowest BCUT2D eigenvalue weighted by Crippen LogP contribution is -1.89. The molecule has 0 amide bonds. The molecule has 90 valence electrons. The van der Waals surface area contributed by atoms with Crippen molar-refractivity contribution in [3.63, 3.8) is 0 Å². The summed E-state index contributed by atoms with van der Waals surface area (Å²) in [4.78, 5) is 4.49. The number of aromatic nitrogens is 3. The van der Waals surface area contributed by atoms with Crippen LogP contribution in [0.3, 0.4) is 0 Å². The van der Waals surface area contributed by atoms with Gasteiger partial charge in [-0.1, -0.05) is 18.2 Å². The van der Waals surface area contributed by atoms with Crippen molar-refractivity contribution in [2.75, 3.05) is 7.11 Å². The second-order valence-corrected chi connectivity index (χ2v) is 4.60. The normalized spacial score (nSPS) is 10.8. The van der Waals surface area contributed by atoms with E-state index in [-0.39, 0.29) is 0 Å². The molecular formula is C13H10BrN3O. The Labute approximate surface area is 112 Å².